The molecule has 1 aliphatic rings. The van der Waals surface area contributed by atoms with E-state index in [2.05, 4.69) is 26.2 Å². The number of nitrogens with zero attached hydrogens (tertiary/aromatic N) is 3. The van der Waals surface area contributed by atoms with Crippen molar-refractivity contribution in [2.24, 2.45) is 0 Å². The second kappa shape index (κ2) is 8.99. The highest BCUT2D eigenvalue weighted by Gasteiger charge is 2.23. The maximum absolute atomic E-state index is 12.9. The zero-order chi connectivity index (χ0) is 22.7. The molecule has 0 spiro atoms. The van der Waals surface area contributed by atoms with E-state index in [4.69, 9.17) is 9.52 Å². The Kier molecular flexibility index (Phi) is 6.13. The Morgan fingerprint density at radius 2 is 2.12 bits per heavy atom. The summed E-state index contributed by atoms with van der Waals surface area (Å²) < 4.78 is 30.2. The van der Waals surface area contributed by atoms with Gasteiger partial charge >= 0.3 is 6.03 Å². The molecule has 1 aromatic carbocycles. The molecule has 0 bridgehead atoms. The third-order valence-corrected chi connectivity index (χ3v) is 6.66. The Balaban J connectivity index is 1.63. The number of aryl methyl sites for hydroxylation is 2. The van der Waals surface area contributed by atoms with Gasteiger partial charge in [-0.15, -0.1) is 0 Å². The number of nitrogens with one attached hydrogen (secondary N) is 3. The lowest BCUT2D eigenvalue weighted by atomic mass is 9.98. The molecule has 3 N–H and O–H groups in total. The average molecular weight is 455 g/mol. The van der Waals surface area contributed by atoms with Crippen molar-refractivity contribution in [1.29, 1.82) is 4.78 Å². The number of hydrogen-bond acceptors (Lipinski definition) is 6. The lowest BCUT2D eigenvalue weighted by Gasteiger charge is -2.17. The first-order chi connectivity index (χ1) is 15.4. The van der Waals surface area contributed by atoms with Gasteiger partial charge in [-0.1, -0.05) is 19.1 Å². The number of pyridine rings is 1. The molecule has 3 aromatic rings. The molecular formula is C22H26N6O3S. The number of benzene rings is 1. The van der Waals surface area contributed by atoms with Crippen molar-refractivity contribution >= 4 is 21.6 Å². The highest BCUT2D eigenvalue weighted by molar-refractivity contribution is 7.91. The van der Waals surface area contributed by atoms with Crippen LogP contribution in [0.3, 0.4) is 0 Å². The average Bonchev–Trinajstić information content (AvgIpc) is 3.44. The van der Waals surface area contributed by atoms with Crippen molar-refractivity contribution in [1.82, 2.24) is 19.5 Å². The molecule has 168 valence electrons. The molecule has 0 aliphatic heterocycles. The number of amides is 2. The number of rotatable bonds is 7. The summed E-state index contributed by atoms with van der Waals surface area (Å²) in [4.78, 5) is 17.0. The fourth-order valence-electron chi connectivity index (χ4n) is 3.91. The molecule has 0 radical (unpaired) electrons. The molecule has 9 nitrogen and oxygen atoms in total. The minimum Gasteiger partial charge on any atom is -0.481 e. The fourth-order valence-corrected chi connectivity index (χ4v) is 4.80. The van der Waals surface area contributed by atoms with Gasteiger partial charge in [0.25, 0.3) is 0 Å². The van der Waals surface area contributed by atoms with E-state index in [-0.39, 0.29) is 5.03 Å². The van der Waals surface area contributed by atoms with Gasteiger partial charge in [0.05, 0.1) is 12.8 Å². The number of methoxy groups -OCH3 is 1. The van der Waals surface area contributed by atoms with Crippen LogP contribution in [0.25, 0.3) is 11.1 Å². The molecule has 4 rings (SSSR count). The van der Waals surface area contributed by atoms with E-state index < -0.39 is 15.9 Å². The van der Waals surface area contributed by atoms with Gasteiger partial charge in [0.2, 0.25) is 5.88 Å². The van der Waals surface area contributed by atoms with Gasteiger partial charge in [-0.3, -0.25) is 4.68 Å². The third-order valence-electron chi connectivity index (χ3n) is 5.38. The van der Waals surface area contributed by atoms with Crippen LogP contribution < -0.4 is 14.8 Å². The summed E-state index contributed by atoms with van der Waals surface area (Å²) in [6, 6.07) is 8.46. The largest absolute Gasteiger partial charge is 0.481 e. The minimum atomic E-state index is -3.60. The number of carbonyl (C=O) groups is 1. The van der Waals surface area contributed by atoms with E-state index in [1.54, 1.807) is 30.3 Å². The smallest absolute Gasteiger partial charge is 0.332 e. The van der Waals surface area contributed by atoms with E-state index in [0.29, 0.717) is 18.1 Å². The molecule has 0 fully saturated rings. The van der Waals surface area contributed by atoms with Gasteiger partial charge < -0.3 is 10.1 Å². The van der Waals surface area contributed by atoms with Crippen LogP contribution in [0, 0.1) is 4.78 Å². The monoisotopic (exact) mass is 454 g/mol. The van der Waals surface area contributed by atoms with E-state index in [0.717, 1.165) is 42.4 Å². The molecule has 0 saturated heterocycles. The van der Waals surface area contributed by atoms with Gasteiger partial charge in [0, 0.05) is 30.6 Å². The Hall–Kier alpha value is -3.40. The summed E-state index contributed by atoms with van der Waals surface area (Å²) >= 11 is 0. The molecule has 10 heteroatoms. The van der Waals surface area contributed by atoms with Gasteiger partial charge in [-0.05, 0) is 54.5 Å². The van der Waals surface area contributed by atoms with Gasteiger partial charge in [-0.25, -0.2) is 23.5 Å². The van der Waals surface area contributed by atoms with Crippen LogP contribution in [0.2, 0.25) is 0 Å². The number of carbonyl (C=O) groups excluding carboxylic acids is 1. The molecule has 2 amide bonds. The van der Waals surface area contributed by atoms with Crippen LogP contribution in [-0.4, -0.2) is 32.1 Å². The molecule has 2 heterocycles. The van der Waals surface area contributed by atoms with Crippen molar-refractivity contribution < 1.29 is 13.7 Å². The molecule has 1 atom stereocenters. The summed E-state index contributed by atoms with van der Waals surface area (Å²) in [6.45, 7) is 2.65. The van der Waals surface area contributed by atoms with E-state index >= 15 is 0 Å². The lowest BCUT2D eigenvalue weighted by molar-refractivity contribution is 0.256. The number of ether oxygens (including phenoxy) is 1. The van der Waals surface area contributed by atoms with Crippen molar-refractivity contribution in [2.75, 3.05) is 12.4 Å². The van der Waals surface area contributed by atoms with E-state index in [1.165, 1.54) is 11.6 Å². The summed E-state index contributed by atoms with van der Waals surface area (Å²) in [5, 5.41) is 7.05. The highest BCUT2D eigenvalue weighted by atomic mass is 32.2. The van der Waals surface area contributed by atoms with Crippen LogP contribution >= 0.6 is 0 Å². The molecule has 0 saturated carbocycles. The maximum Gasteiger partial charge on any atom is 0.332 e. The van der Waals surface area contributed by atoms with Gasteiger partial charge in [0.1, 0.15) is 0 Å². The number of fused-ring (bicyclic) bond motifs is 1. The molecule has 32 heavy (non-hydrogen) atoms. The van der Waals surface area contributed by atoms with Crippen LogP contribution in [0.15, 0.2) is 47.8 Å². The second-order valence-electron chi connectivity index (χ2n) is 7.60. The van der Waals surface area contributed by atoms with Crippen molar-refractivity contribution in [3.05, 3.63) is 53.9 Å². The number of hydrogen-bond donors (Lipinski definition) is 3. The van der Waals surface area contributed by atoms with E-state index in [1.807, 2.05) is 19.1 Å². The Morgan fingerprint density at radius 1 is 1.28 bits per heavy atom. The molecule has 2 aromatic heterocycles. The van der Waals surface area contributed by atoms with Gasteiger partial charge in [-0.2, -0.15) is 5.10 Å². The minimum absolute atomic E-state index is 0.0264. The van der Waals surface area contributed by atoms with Crippen LogP contribution in [-0.2, 0) is 29.3 Å². The number of aromatic nitrogens is 3. The third kappa shape index (κ3) is 4.45. The zero-order valence-electron chi connectivity index (χ0n) is 18.1. The first kappa shape index (κ1) is 21.8. The van der Waals surface area contributed by atoms with Crippen LogP contribution in [0.1, 0.15) is 30.9 Å². The van der Waals surface area contributed by atoms with Gasteiger partial charge in [0.15, 0.2) is 14.9 Å². The fraction of sp³-hybridized carbons (Fsp3) is 0.318. The molecular weight excluding hydrogens is 428 g/mol. The lowest BCUT2D eigenvalue weighted by Crippen LogP contribution is -2.34. The normalized spacial score (nSPS) is 14.4. The highest BCUT2D eigenvalue weighted by Crippen LogP contribution is 2.38. The predicted octanol–water partition coefficient (Wildman–Crippen LogP) is 3.99. The standard InChI is InChI=1S/C22H26N6O3S/c1-3-12-28-13-10-20(26-28)32(23,30)27-22(29)25-21-17-6-4-5-15(17)7-8-18(21)16-9-11-24-19(14-16)31-2/h7-11,13-14H,3-6,12H2,1-2H3,(H3,23,25,27,29,30). The Morgan fingerprint density at radius 3 is 2.91 bits per heavy atom. The van der Waals surface area contributed by atoms with Crippen molar-refractivity contribution in [3.8, 4) is 17.0 Å². The Bertz CT molecular complexity index is 1250. The SMILES string of the molecule is CCCn1ccc(S(=N)(=O)NC(=O)Nc2c(-c3ccnc(OC)c3)ccc3c2CCC3)n1. The summed E-state index contributed by atoms with van der Waals surface area (Å²) in [5.74, 6) is 0.468. The summed E-state index contributed by atoms with van der Waals surface area (Å²) in [7, 11) is -2.05. The molecule has 1 aliphatic carbocycles. The predicted molar refractivity (Wildman–Crippen MR) is 122 cm³/mol. The quantitative estimate of drug-likeness (QED) is 0.498. The number of anilines is 1. The summed E-state index contributed by atoms with van der Waals surface area (Å²) in [5.41, 5.74) is 4.53. The van der Waals surface area contributed by atoms with E-state index in [9.17, 15) is 9.00 Å². The first-order valence-corrected chi connectivity index (χ1v) is 12.0. The Labute approximate surface area is 187 Å². The zero-order valence-corrected chi connectivity index (χ0v) is 18.9. The first-order valence-electron chi connectivity index (χ1n) is 10.5. The molecule has 1 unspecified atom stereocenters. The van der Waals surface area contributed by atoms with Crippen molar-refractivity contribution in [3.63, 3.8) is 0 Å². The van der Waals surface area contributed by atoms with Crippen LogP contribution in [0.4, 0.5) is 10.5 Å². The van der Waals surface area contributed by atoms with Crippen LogP contribution in [0.5, 0.6) is 5.88 Å². The number of urea groups is 1. The maximum atomic E-state index is 12.9. The second-order valence-corrected chi connectivity index (χ2v) is 9.33. The topological polar surface area (TPSA) is 122 Å². The summed E-state index contributed by atoms with van der Waals surface area (Å²) in [6.07, 6.45) is 6.93. The van der Waals surface area contributed by atoms with Crippen molar-refractivity contribution in [2.45, 2.75) is 44.2 Å².